The standard InChI is InChI=1S/C24H33NO2Si/c1-24(2,3)28(20-12-6-4-7-13-20,21-14-8-5-9-15-21)27-23-17-10-18-25-22(23)16-11-19-26/h4-9,11-16,22-23,25-26H,10,17-19H2,1-3H3/b16-11-/t22-,23+/m1/s1. The summed E-state index contributed by atoms with van der Waals surface area (Å²) in [6.07, 6.45) is 6.11. The number of rotatable bonds is 6. The molecule has 0 unspecified atom stereocenters. The lowest BCUT2D eigenvalue weighted by molar-refractivity contribution is 0.128. The Kier molecular flexibility index (Phi) is 6.89. The average molecular weight is 396 g/mol. The second-order valence-corrected chi connectivity index (χ2v) is 12.8. The molecule has 2 aromatic rings. The van der Waals surface area contributed by atoms with Gasteiger partial charge >= 0.3 is 0 Å². The average Bonchev–Trinajstić information content (AvgIpc) is 2.71. The van der Waals surface area contributed by atoms with Crippen LogP contribution in [0.1, 0.15) is 33.6 Å². The van der Waals surface area contributed by atoms with Crippen LogP contribution in [-0.4, -0.2) is 38.7 Å². The molecule has 1 aliphatic rings. The molecule has 0 aromatic heterocycles. The zero-order valence-corrected chi connectivity index (χ0v) is 18.3. The number of benzene rings is 2. The van der Waals surface area contributed by atoms with Crippen molar-refractivity contribution in [3.05, 3.63) is 72.8 Å². The molecule has 2 N–H and O–H groups in total. The van der Waals surface area contributed by atoms with E-state index in [0.717, 1.165) is 19.4 Å². The Morgan fingerprint density at radius 3 is 2.11 bits per heavy atom. The first-order valence-electron chi connectivity index (χ1n) is 10.3. The molecule has 0 aliphatic carbocycles. The van der Waals surface area contributed by atoms with E-state index in [0.29, 0.717) is 0 Å². The maximum Gasteiger partial charge on any atom is 0.261 e. The summed E-state index contributed by atoms with van der Waals surface area (Å²) in [5, 5.41) is 15.4. The highest BCUT2D eigenvalue weighted by Gasteiger charge is 2.52. The third-order valence-electron chi connectivity index (χ3n) is 5.64. The van der Waals surface area contributed by atoms with Gasteiger partial charge in [0.15, 0.2) is 0 Å². The van der Waals surface area contributed by atoms with E-state index in [4.69, 9.17) is 4.43 Å². The van der Waals surface area contributed by atoms with Crippen molar-refractivity contribution in [2.45, 2.75) is 50.8 Å². The Morgan fingerprint density at radius 2 is 1.61 bits per heavy atom. The quantitative estimate of drug-likeness (QED) is 0.583. The van der Waals surface area contributed by atoms with E-state index in [2.05, 4.69) is 92.8 Å². The normalized spacial score (nSPS) is 21.1. The van der Waals surface area contributed by atoms with Crippen LogP contribution in [0.15, 0.2) is 72.8 Å². The van der Waals surface area contributed by atoms with Crippen molar-refractivity contribution >= 4 is 18.7 Å². The fraction of sp³-hybridized carbons (Fsp3) is 0.417. The number of hydrogen-bond donors (Lipinski definition) is 2. The zero-order chi connectivity index (χ0) is 20.0. The Balaban J connectivity index is 2.11. The van der Waals surface area contributed by atoms with Gasteiger partial charge < -0.3 is 14.8 Å². The molecule has 0 spiro atoms. The summed E-state index contributed by atoms with van der Waals surface area (Å²) in [5.74, 6) is 0. The van der Waals surface area contributed by atoms with Gasteiger partial charge in [-0.25, -0.2) is 0 Å². The summed E-state index contributed by atoms with van der Waals surface area (Å²) in [6.45, 7) is 7.99. The molecule has 3 rings (SSSR count). The molecule has 2 aromatic carbocycles. The van der Waals surface area contributed by atoms with Crippen LogP contribution in [0.4, 0.5) is 0 Å². The van der Waals surface area contributed by atoms with E-state index in [1.807, 2.05) is 6.08 Å². The van der Waals surface area contributed by atoms with Crippen LogP contribution in [0.25, 0.3) is 0 Å². The van der Waals surface area contributed by atoms with Gasteiger partial charge in [-0.15, -0.1) is 0 Å². The molecular formula is C24H33NO2Si. The maximum absolute atomic E-state index is 9.25. The molecule has 0 bridgehead atoms. The highest BCUT2D eigenvalue weighted by atomic mass is 28.4. The van der Waals surface area contributed by atoms with Gasteiger partial charge in [-0.3, -0.25) is 0 Å². The van der Waals surface area contributed by atoms with Gasteiger partial charge in [0, 0.05) is 0 Å². The van der Waals surface area contributed by atoms with Crippen molar-refractivity contribution in [3.63, 3.8) is 0 Å². The molecule has 3 nitrogen and oxygen atoms in total. The van der Waals surface area contributed by atoms with Crippen molar-refractivity contribution < 1.29 is 9.53 Å². The van der Waals surface area contributed by atoms with Crippen LogP contribution in [0.3, 0.4) is 0 Å². The van der Waals surface area contributed by atoms with Gasteiger partial charge in [0.05, 0.1) is 18.8 Å². The first kappa shape index (κ1) is 21.0. The van der Waals surface area contributed by atoms with Crippen molar-refractivity contribution in [2.24, 2.45) is 0 Å². The first-order chi connectivity index (χ1) is 13.5. The largest absolute Gasteiger partial charge is 0.403 e. The van der Waals surface area contributed by atoms with Gasteiger partial charge in [-0.05, 0) is 34.8 Å². The van der Waals surface area contributed by atoms with Crippen LogP contribution >= 0.6 is 0 Å². The molecule has 0 radical (unpaired) electrons. The summed E-state index contributed by atoms with van der Waals surface area (Å²) >= 11 is 0. The third-order valence-corrected chi connectivity index (χ3v) is 10.7. The summed E-state index contributed by atoms with van der Waals surface area (Å²) in [4.78, 5) is 0. The predicted octanol–water partition coefficient (Wildman–Crippen LogP) is 3.23. The van der Waals surface area contributed by atoms with Gasteiger partial charge in [0.25, 0.3) is 8.32 Å². The smallest absolute Gasteiger partial charge is 0.261 e. The second-order valence-electron chi connectivity index (χ2n) is 8.55. The van der Waals surface area contributed by atoms with E-state index < -0.39 is 8.32 Å². The molecular weight excluding hydrogens is 362 g/mol. The first-order valence-corrected chi connectivity index (χ1v) is 12.2. The summed E-state index contributed by atoms with van der Waals surface area (Å²) in [7, 11) is -2.55. The van der Waals surface area contributed by atoms with Crippen molar-refractivity contribution in [2.75, 3.05) is 13.2 Å². The molecule has 1 heterocycles. The maximum atomic E-state index is 9.25. The minimum atomic E-state index is -2.55. The van der Waals surface area contributed by atoms with Gasteiger partial charge in [0.1, 0.15) is 0 Å². The van der Waals surface area contributed by atoms with Crippen molar-refractivity contribution in [1.82, 2.24) is 5.32 Å². The number of aliphatic hydroxyl groups excluding tert-OH is 1. The van der Waals surface area contributed by atoms with Crippen LogP contribution in [0.5, 0.6) is 0 Å². The topological polar surface area (TPSA) is 41.5 Å². The molecule has 28 heavy (non-hydrogen) atoms. The molecule has 2 atom stereocenters. The van der Waals surface area contributed by atoms with E-state index in [1.165, 1.54) is 10.4 Å². The fourth-order valence-corrected chi connectivity index (χ4v) is 9.07. The van der Waals surface area contributed by atoms with E-state index in [9.17, 15) is 5.11 Å². The fourth-order valence-electron chi connectivity index (χ4n) is 4.33. The Labute approximate surface area is 170 Å². The summed E-state index contributed by atoms with van der Waals surface area (Å²) < 4.78 is 7.27. The van der Waals surface area contributed by atoms with Gasteiger partial charge in [0.2, 0.25) is 0 Å². The number of aliphatic hydroxyl groups is 1. The lowest BCUT2D eigenvalue weighted by Gasteiger charge is -2.47. The van der Waals surface area contributed by atoms with Crippen LogP contribution in [-0.2, 0) is 4.43 Å². The SMILES string of the molecule is CC(C)(C)[Si](O[C@H]1CCCN[C@@H]1/C=C\CO)(c1ccccc1)c1ccccc1. The van der Waals surface area contributed by atoms with Crippen LogP contribution in [0, 0.1) is 0 Å². The third kappa shape index (κ3) is 4.30. The Morgan fingerprint density at radius 1 is 1.04 bits per heavy atom. The highest BCUT2D eigenvalue weighted by Crippen LogP contribution is 2.38. The number of piperidine rings is 1. The number of hydrogen-bond acceptors (Lipinski definition) is 3. The molecule has 4 heteroatoms. The Bertz CT molecular complexity index is 716. The Hall–Kier alpha value is -1.72. The van der Waals surface area contributed by atoms with E-state index in [-0.39, 0.29) is 23.8 Å². The molecule has 0 saturated carbocycles. The molecule has 0 amide bonds. The summed E-state index contributed by atoms with van der Waals surface area (Å²) in [5.41, 5.74) is 0. The molecule has 1 aliphatic heterocycles. The van der Waals surface area contributed by atoms with Crippen molar-refractivity contribution in [1.29, 1.82) is 0 Å². The minimum Gasteiger partial charge on any atom is -0.403 e. The van der Waals surface area contributed by atoms with E-state index >= 15 is 0 Å². The minimum absolute atomic E-state index is 0.0294. The predicted molar refractivity (Wildman–Crippen MR) is 120 cm³/mol. The molecule has 150 valence electrons. The van der Waals surface area contributed by atoms with Gasteiger partial charge in [-0.2, -0.15) is 0 Å². The lowest BCUT2D eigenvalue weighted by Crippen LogP contribution is -2.69. The monoisotopic (exact) mass is 395 g/mol. The second kappa shape index (κ2) is 9.18. The number of nitrogens with one attached hydrogen (secondary N) is 1. The van der Waals surface area contributed by atoms with Gasteiger partial charge in [-0.1, -0.05) is 93.6 Å². The molecule has 1 fully saturated rings. The lowest BCUT2D eigenvalue weighted by atomic mass is 10.0. The van der Waals surface area contributed by atoms with Crippen LogP contribution in [0.2, 0.25) is 5.04 Å². The molecule has 1 saturated heterocycles. The zero-order valence-electron chi connectivity index (χ0n) is 17.3. The van der Waals surface area contributed by atoms with Crippen LogP contribution < -0.4 is 15.7 Å². The summed E-state index contributed by atoms with van der Waals surface area (Å²) in [6, 6.07) is 21.7. The highest BCUT2D eigenvalue weighted by molar-refractivity contribution is 6.99. The van der Waals surface area contributed by atoms with Crippen molar-refractivity contribution in [3.8, 4) is 0 Å². The van der Waals surface area contributed by atoms with E-state index in [1.54, 1.807) is 0 Å².